The maximum absolute atomic E-state index is 12.6. The van der Waals surface area contributed by atoms with Gasteiger partial charge in [0.1, 0.15) is 9.71 Å². The molecular formula is C18H18ClN3OS. The fourth-order valence-electron chi connectivity index (χ4n) is 2.48. The van der Waals surface area contributed by atoms with Gasteiger partial charge in [0.2, 0.25) is 0 Å². The molecule has 0 saturated carbocycles. The van der Waals surface area contributed by atoms with Crippen LogP contribution in [-0.2, 0) is 6.42 Å². The molecule has 0 aliphatic carbocycles. The standard InChI is InChI=1S/C18H18ClN3OS/c1-10(2)9-11-7-8-12-15(20)16(24-18(12)21-11)17(23)22-14-6-4-3-5-13(14)19/h3-8,10H,9,20H2,1-2H3,(H,22,23). The Hall–Kier alpha value is -2.11. The second-order valence-electron chi connectivity index (χ2n) is 6.03. The number of benzene rings is 1. The molecule has 0 atom stereocenters. The number of hydrogen-bond acceptors (Lipinski definition) is 4. The third-order valence-electron chi connectivity index (χ3n) is 3.60. The zero-order valence-corrected chi connectivity index (χ0v) is 15.0. The Morgan fingerprint density at radius 1 is 1.29 bits per heavy atom. The highest BCUT2D eigenvalue weighted by molar-refractivity contribution is 7.21. The lowest BCUT2D eigenvalue weighted by Crippen LogP contribution is -2.12. The molecule has 0 bridgehead atoms. The lowest BCUT2D eigenvalue weighted by molar-refractivity contribution is 0.103. The first kappa shape index (κ1) is 16.7. The first-order valence-corrected chi connectivity index (χ1v) is 8.89. The van der Waals surface area contributed by atoms with E-state index < -0.39 is 0 Å². The number of pyridine rings is 1. The molecule has 0 fully saturated rings. The number of halogens is 1. The quantitative estimate of drug-likeness (QED) is 0.690. The molecule has 6 heteroatoms. The minimum absolute atomic E-state index is 0.269. The Bertz CT molecular complexity index is 904. The monoisotopic (exact) mass is 359 g/mol. The van der Waals surface area contributed by atoms with E-state index in [9.17, 15) is 4.79 Å². The fraction of sp³-hybridized carbons (Fsp3) is 0.222. The third-order valence-corrected chi connectivity index (χ3v) is 5.04. The van der Waals surface area contributed by atoms with Crippen molar-refractivity contribution in [2.75, 3.05) is 11.1 Å². The number of hydrogen-bond donors (Lipinski definition) is 2. The van der Waals surface area contributed by atoms with Crippen LogP contribution in [0, 0.1) is 5.92 Å². The lowest BCUT2D eigenvalue weighted by atomic mass is 10.1. The normalized spacial score (nSPS) is 11.2. The number of nitrogens with one attached hydrogen (secondary N) is 1. The highest BCUT2D eigenvalue weighted by Crippen LogP contribution is 2.34. The van der Waals surface area contributed by atoms with Crippen molar-refractivity contribution in [2.45, 2.75) is 20.3 Å². The van der Waals surface area contributed by atoms with Crippen LogP contribution in [0.5, 0.6) is 0 Å². The van der Waals surface area contributed by atoms with E-state index in [1.54, 1.807) is 12.1 Å². The lowest BCUT2D eigenvalue weighted by Gasteiger charge is -2.05. The van der Waals surface area contributed by atoms with Crippen LogP contribution < -0.4 is 11.1 Å². The molecule has 3 N–H and O–H groups in total. The van der Waals surface area contributed by atoms with Crippen molar-refractivity contribution >= 4 is 50.4 Å². The van der Waals surface area contributed by atoms with Gasteiger partial charge in [0.15, 0.2) is 0 Å². The van der Waals surface area contributed by atoms with E-state index in [0.29, 0.717) is 27.2 Å². The Morgan fingerprint density at radius 3 is 2.75 bits per heavy atom. The molecule has 0 saturated heterocycles. The summed E-state index contributed by atoms with van der Waals surface area (Å²) in [6.07, 6.45) is 0.898. The van der Waals surface area contributed by atoms with Crippen LogP contribution in [0.1, 0.15) is 29.2 Å². The molecule has 124 valence electrons. The first-order chi connectivity index (χ1) is 11.5. The van der Waals surface area contributed by atoms with Gasteiger partial charge in [-0.2, -0.15) is 0 Å². The zero-order chi connectivity index (χ0) is 17.3. The highest BCUT2D eigenvalue weighted by Gasteiger charge is 2.18. The molecule has 2 aromatic heterocycles. The van der Waals surface area contributed by atoms with Crippen LogP contribution in [-0.4, -0.2) is 10.9 Å². The number of fused-ring (bicyclic) bond motifs is 1. The molecular weight excluding hydrogens is 342 g/mol. The predicted octanol–water partition coefficient (Wildman–Crippen LogP) is 4.98. The number of carbonyl (C=O) groups excluding carboxylic acids is 1. The number of carbonyl (C=O) groups is 1. The number of nitrogens with two attached hydrogens (primary N) is 1. The molecule has 1 aromatic carbocycles. The summed E-state index contributed by atoms with van der Waals surface area (Å²) in [6.45, 7) is 4.30. The van der Waals surface area contributed by atoms with E-state index in [1.165, 1.54) is 11.3 Å². The number of aromatic nitrogens is 1. The Balaban J connectivity index is 1.93. The third kappa shape index (κ3) is 3.37. The summed E-state index contributed by atoms with van der Waals surface area (Å²) >= 11 is 7.40. The molecule has 24 heavy (non-hydrogen) atoms. The second-order valence-corrected chi connectivity index (χ2v) is 7.44. The number of anilines is 2. The Kier molecular flexibility index (Phi) is 4.73. The van der Waals surface area contributed by atoms with Gasteiger partial charge in [0.05, 0.1) is 16.4 Å². The predicted molar refractivity (Wildman–Crippen MR) is 102 cm³/mol. The Morgan fingerprint density at radius 2 is 2.04 bits per heavy atom. The van der Waals surface area contributed by atoms with E-state index >= 15 is 0 Å². The summed E-state index contributed by atoms with van der Waals surface area (Å²) < 4.78 is 0. The fourth-order valence-corrected chi connectivity index (χ4v) is 3.67. The number of thiophene rings is 1. The van der Waals surface area contributed by atoms with E-state index in [4.69, 9.17) is 17.3 Å². The van der Waals surface area contributed by atoms with E-state index in [2.05, 4.69) is 24.1 Å². The van der Waals surface area contributed by atoms with Gasteiger partial charge >= 0.3 is 0 Å². The molecule has 1 amide bonds. The van der Waals surface area contributed by atoms with Gasteiger partial charge in [-0.05, 0) is 36.6 Å². The van der Waals surface area contributed by atoms with Crippen molar-refractivity contribution in [1.82, 2.24) is 4.98 Å². The second kappa shape index (κ2) is 6.79. The number of amides is 1. The van der Waals surface area contributed by atoms with Gasteiger partial charge in [0.25, 0.3) is 5.91 Å². The van der Waals surface area contributed by atoms with Gasteiger partial charge in [-0.3, -0.25) is 4.79 Å². The van der Waals surface area contributed by atoms with Crippen LogP contribution in [0.2, 0.25) is 5.02 Å². The van der Waals surface area contributed by atoms with Crippen molar-refractivity contribution in [1.29, 1.82) is 0 Å². The largest absolute Gasteiger partial charge is 0.397 e. The maximum Gasteiger partial charge on any atom is 0.267 e. The summed E-state index contributed by atoms with van der Waals surface area (Å²) in [5.74, 6) is 0.254. The van der Waals surface area contributed by atoms with Crippen molar-refractivity contribution in [3.8, 4) is 0 Å². The van der Waals surface area contributed by atoms with Crippen LogP contribution >= 0.6 is 22.9 Å². The molecule has 0 aliphatic rings. The number of nitrogens with zero attached hydrogens (tertiary/aromatic N) is 1. The SMILES string of the molecule is CC(C)Cc1ccc2c(N)c(C(=O)Nc3ccccc3Cl)sc2n1. The average molecular weight is 360 g/mol. The summed E-state index contributed by atoms with van der Waals surface area (Å²) in [5, 5.41) is 4.11. The van der Waals surface area contributed by atoms with Gasteiger partial charge < -0.3 is 11.1 Å². The average Bonchev–Trinajstić information content (AvgIpc) is 2.85. The molecule has 0 spiro atoms. The maximum atomic E-state index is 12.6. The van der Waals surface area contributed by atoms with Crippen molar-refractivity contribution < 1.29 is 4.79 Å². The van der Waals surface area contributed by atoms with Gasteiger partial charge in [-0.25, -0.2) is 4.98 Å². The van der Waals surface area contributed by atoms with Crippen LogP contribution in [0.4, 0.5) is 11.4 Å². The minimum atomic E-state index is -0.269. The molecule has 2 heterocycles. The van der Waals surface area contributed by atoms with Crippen molar-refractivity contribution in [3.05, 3.63) is 52.0 Å². The summed E-state index contributed by atoms with van der Waals surface area (Å²) in [7, 11) is 0. The van der Waals surface area contributed by atoms with Gasteiger partial charge in [-0.15, -0.1) is 11.3 Å². The molecule has 3 aromatic rings. The van der Waals surface area contributed by atoms with E-state index in [1.807, 2.05) is 24.3 Å². The molecule has 0 aliphatic heterocycles. The smallest absolute Gasteiger partial charge is 0.267 e. The van der Waals surface area contributed by atoms with Crippen LogP contribution in [0.25, 0.3) is 10.2 Å². The summed E-state index contributed by atoms with van der Waals surface area (Å²) in [6, 6.07) is 11.0. The molecule has 4 nitrogen and oxygen atoms in total. The first-order valence-electron chi connectivity index (χ1n) is 7.69. The summed E-state index contributed by atoms with van der Waals surface area (Å²) in [4.78, 5) is 18.4. The van der Waals surface area contributed by atoms with Gasteiger partial charge in [0, 0.05) is 11.1 Å². The molecule has 0 radical (unpaired) electrons. The van der Waals surface area contributed by atoms with Crippen molar-refractivity contribution in [2.24, 2.45) is 5.92 Å². The Labute approximate surface area is 149 Å². The van der Waals surface area contributed by atoms with Gasteiger partial charge in [-0.1, -0.05) is 37.6 Å². The van der Waals surface area contributed by atoms with Crippen molar-refractivity contribution in [3.63, 3.8) is 0 Å². The summed E-state index contributed by atoms with van der Waals surface area (Å²) in [5.41, 5.74) is 8.20. The van der Waals surface area contributed by atoms with E-state index in [-0.39, 0.29) is 5.91 Å². The number of para-hydroxylation sites is 1. The minimum Gasteiger partial charge on any atom is -0.397 e. The molecule has 3 rings (SSSR count). The van der Waals surface area contributed by atoms with E-state index in [0.717, 1.165) is 22.3 Å². The number of nitrogen functional groups attached to an aromatic ring is 1. The van der Waals surface area contributed by atoms with Crippen LogP contribution in [0.15, 0.2) is 36.4 Å². The highest BCUT2D eigenvalue weighted by atomic mass is 35.5. The molecule has 0 unspecified atom stereocenters. The topological polar surface area (TPSA) is 68.0 Å². The van der Waals surface area contributed by atoms with Crippen LogP contribution in [0.3, 0.4) is 0 Å². The zero-order valence-electron chi connectivity index (χ0n) is 13.5. The number of rotatable bonds is 4.